The van der Waals surface area contributed by atoms with Gasteiger partial charge in [0.05, 0.1) is 5.69 Å². The normalized spacial score (nSPS) is 22.2. The molecule has 1 atom stereocenters. The summed E-state index contributed by atoms with van der Waals surface area (Å²) >= 11 is 0. The van der Waals surface area contributed by atoms with Gasteiger partial charge >= 0.3 is 5.97 Å². The van der Waals surface area contributed by atoms with Gasteiger partial charge in [-0.05, 0) is 19.4 Å². The van der Waals surface area contributed by atoms with Gasteiger partial charge in [0.15, 0.2) is 0 Å². The van der Waals surface area contributed by atoms with Gasteiger partial charge in [0.1, 0.15) is 6.04 Å². The van der Waals surface area contributed by atoms with Crippen LogP contribution in [0.5, 0.6) is 0 Å². The molecule has 1 aliphatic rings. The third-order valence-corrected chi connectivity index (χ3v) is 2.91. The van der Waals surface area contributed by atoms with Gasteiger partial charge < -0.3 is 5.11 Å². The van der Waals surface area contributed by atoms with Crippen molar-refractivity contribution >= 4 is 5.97 Å². The van der Waals surface area contributed by atoms with E-state index in [1.165, 1.54) is 0 Å². The molecule has 0 aromatic carbocycles. The molecule has 0 bridgehead atoms. The van der Waals surface area contributed by atoms with Crippen molar-refractivity contribution in [2.75, 3.05) is 6.54 Å². The summed E-state index contributed by atoms with van der Waals surface area (Å²) in [5.41, 5.74) is 0.829. The molecule has 6 heteroatoms. The molecular weight excluding hydrogens is 208 g/mol. The Bertz CT molecular complexity index is 377. The first-order chi connectivity index (χ1) is 7.66. The van der Waals surface area contributed by atoms with Gasteiger partial charge in [-0.15, -0.1) is 5.10 Å². The van der Waals surface area contributed by atoms with Crippen LogP contribution in [0.25, 0.3) is 0 Å². The lowest BCUT2D eigenvalue weighted by Gasteiger charge is -2.31. The number of carbonyl (C=O) groups is 1. The van der Waals surface area contributed by atoms with Crippen LogP contribution >= 0.6 is 0 Å². The Morgan fingerprint density at radius 1 is 1.62 bits per heavy atom. The number of hydrogen-bond acceptors (Lipinski definition) is 4. The van der Waals surface area contributed by atoms with E-state index in [1.54, 1.807) is 11.7 Å². The summed E-state index contributed by atoms with van der Waals surface area (Å²) in [6.45, 7) is 1.40. The van der Waals surface area contributed by atoms with E-state index in [0.29, 0.717) is 6.54 Å². The topological polar surface area (TPSA) is 71.2 Å². The van der Waals surface area contributed by atoms with Crippen molar-refractivity contribution in [2.45, 2.75) is 31.8 Å². The monoisotopic (exact) mass is 224 g/mol. The maximum Gasteiger partial charge on any atom is 0.320 e. The number of nitrogens with zero attached hydrogens (tertiary/aromatic N) is 4. The lowest BCUT2D eigenvalue weighted by molar-refractivity contribution is -0.144. The van der Waals surface area contributed by atoms with Crippen molar-refractivity contribution in [3.8, 4) is 0 Å². The van der Waals surface area contributed by atoms with Crippen LogP contribution in [0.15, 0.2) is 6.20 Å². The fraction of sp³-hybridized carbons (Fsp3) is 0.700. The fourth-order valence-electron chi connectivity index (χ4n) is 2.14. The van der Waals surface area contributed by atoms with E-state index in [2.05, 4.69) is 10.3 Å². The van der Waals surface area contributed by atoms with Gasteiger partial charge in [0, 0.05) is 19.8 Å². The van der Waals surface area contributed by atoms with Crippen molar-refractivity contribution in [2.24, 2.45) is 7.05 Å². The molecule has 2 rings (SSSR count). The molecule has 88 valence electrons. The molecule has 1 fully saturated rings. The van der Waals surface area contributed by atoms with E-state index in [1.807, 2.05) is 11.1 Å². The van der Waals surface area contributed by atoms with Gasteiger partial charge in [0.25, 0.3) is 0 Å². The molecule has 1 saturated heterocycles. The minimum Gasteiger partial charge on any atom is -0.480 e. The number of aliphatic carboxylic acids is 1. The summed E-state index contributed by atoms with van der Waals surface area (Å²) < 4.78 is 1.63. The van der Waals surface area contributed by atoms with Crippen molar-refractivity contribution in [3.63, 3.8) is 0 Å². The zero-order chi connectivity index (χ0) is 11.5. The van der Waals surface area contributed by atoms with Crippen LogP contribution in [0.4, 0.5) is 0 Å². The van der Waals surface area contributed by atoms with Crippen LogP contribution in [0.3, 0.4) is 0 Å². The van der Waals surface area contributed by atoms with Crippen LogP contribution in [-0.2, 0) is 18.4 Å². The first kappa shape index (κ1) is 11.1. The molecule has 0 amide bonds. The number of hydrogen-bond donors (Lipinski definition) is 1. The summed E-state index contributed by atoms with van der Waals surface area (Å²) in [5, 5.41) is 16.9. The lowest BCUT2D eigenvalue weighted by Crippen LogP contribution is -2.44. The molecule has 1 aromatic heterocycles. The van der Waals surface area contributed by atoms with Crippen LogP contribution in [0.2, 0.25) is 0 Å². The number of carboxylic acids is 1. The Kier molecular flexibility index (Phi) is 3.19. The second kappa shape index (κ2) is 4.61. The van der Waals surface area contributed by atoms with E-state index in [-0.39, 0.29) is 6.04 Å². The predicted molar refractivity (Wildman–Crippen MR) is 56.7 cm³/mol. The molecule has 0 saturated carbocycles. The molecule has 6 nitrogen and oxygen atoms in total. The third-order valence-electron chi connectivity index (χ3n) is 2.91. The van der Waals surface area contributed by atoms with E-state index in [4.69, 9.17) is 5.11 Å². The zero-order valence-electron chi connectivity index (χ0n) is 9.33. The van der Waals surface area contributed by atoms with Gasteiger partial charge in [0.2, 0.25) is 0 Å². The summed E-state index contributed by atoms with van der Waals surface area (Å²) in [5.74, 6) is -0.733. The third kappa shape index (κ3) is 2.38. The Morgan fingerprint density at radius 3 is 3.06 bits per heavy atom. The smallest absolute Gasteiger partial charge is 0.320 e. The highest BCUT2D eigenvalue weighted by Gasteiger charge is 2.28. The van der Waals surface area contributed by atoms with E-state index in [9.17, 15) is 4.79 Å². The first-order valence-corrected chi connectivity index (χ1v) is 5.49. The molecule has 0 spiro atoms. The highest BCUT2D eigenvalue weighted by atomic mass is 16.4. The molecule has 0 aliphatic carbocycles. The van der Waals surface area contributed by atoms with E-state index < -0.39 is 5.97 Å². The van der Waals surface area contributed by atoms with E-state index in [0.717, 1.165) is 31.5 Å². The molecule has 0 radical (unpaired) electrons. The van der Waals surface area contributed by atoms with Gasteiger partial charge in [-0.2, -0.15) is 0 Å². The number of piperidine rings is 1. The molecule has 1 aromatic rings. The molecule has 1 N–H and O–H groups in total. The SMILES string of the molecule is Cn1cc(CN2CCCCC2C(=O)O)nn1. The Morgan fingerprint density at radius 2 is 2.44 bits per heavy atom. The molecule has 1 aliphatic heterocycles. The van der Waals surface area contributed by atoms with Gasteiger partial charge in [-0.3, -0.25) is 14.4 Å². The Hall–Kier alpha value is -1.43. The van der Waals surface area contributed by atoms with Gasteiger partial charge in [-0.1, -0.05) is 11.6 Å². The average molecular weight is 224 g/mol. The van der Waals surface area contributed by atoms with Crippen molar-refractivity contribution in [1.82, 2.24) is 19.9 Å². The van der Waals surface area contributed by atoms with Gasteiger partial charge in [-0.25, -0.2) is 0 Å². The number of aryl methyl sites for hydroxylation is 1. The standard InChI is InChI=1S/C10H16N4O2/c1-13-6-8(11-12-13)7-14-5-3-2-4-9(14)10(15)16/h6,9H,2-5,7H2,1H3,(H,15,16). The molecule has 2 heterocycles. The second-order valence-corrected chi connectivity index (χ2v) is 4.20. The molecular formula is C10H16N4O2. The number of carboxylic acid groups (broad SMARTS) is 1. The highest BCUT2D eigenvalue weighted by molar-refractivity contribution is 5.73. The molecule has 1 unspecified atom stereocenters. The predicted octanol–water partition coefficient (Wildman–Crippen LogP) is 0.254. The minimum atomic E-state index is -0.733. The number of aromatic nitrogens is 3. The van der Waals surface area contributed by atoms with Crippen LogP contribution in [-0.4, -0.2) is 43.6 Å². The fourth-order valence-corrected chi connectivity index (χ4v) is 2.14. The maximum absolute atomic E-state index is 11.1. The number of likely N-dealkylation sites (tertiary alicyclic amines) is 1. The summed E-state index contributed by atoms with van der Waals surface area (Å²) in [6.07, 6.45) is 4.61. The van der Waals surface area contributed by atoms with E-state index >= 15 is 0 Å². The first-order valence-electron chi connectivity index (χ1n) is 5.49. The quantitative estimate of drug-likeness (QED) is 0.797. The maximum atomic E-state index is 11.1. The Labute approximate surface area is 93.9 Å². The van der Waals surface area contributed by atoms with Crippen molar-refractivity contribution < 1.29 is 9.90 Å². The number of rotatable bonds is 3. The van der Waals surface area contributed by atoms with Crippen molar-refractivity contribution in [3.05, 3.63) is 11.9 Å². The summed E-state index contributed by atoms with van der Waals surface area (Å²) in [6, 6.07) is -0.365. The zero-order valence-corrected chi connectivity index (χ0v) is 9.33. The van der Waals surface area contributed by atoms with Crippen LogP contribution in [0, 0.1) is 0 Å². The lowest BCUT2D eigenvalue weighted by atomic mass is 10.0. The minimum absolute atomic E-state index is 0.365. The van der Waals surface area contributed by atoms with Crippen molar-refractivity contribution in [1.29, 1.82) is 0 Å². The average Bonchev–Trinajstić information content (AvgIpc) is 2.64. The second-order valence-electron chi connectivity index (χ2n) is 4.20. The van der Waals surface area contributed by atoms with Crippen LogP contribution in [0.1, 0.15) is 25.0 Å². The largest absolute Gasteiger partial charge is 0.480 e. The molecule has 16 heavy (non-hydrogen) atoms. The Balaban J connectivity index is 2.03. The summed E-state index contributed by atoms with van der Waals surface area (Å²) in [4.78, 5) is 13.0. The van der Waals surface area contributed by atoms with Crippen LogP contribution < -0.4 is 0 Å². The highest BCUT2D eigenvalue weighted by Crippen LogP contribution is 2.18. The summed E-state index contributed by atoms with van der Waals surface area (Å²) in [7, 11) is 1.81.